The first-order valence-corrected chi connectivity index (χ1v) is 11.3. The van der Waals surface area contributed by atoms with Gasteiger partial charge in [-0.15, -0.1) is 0 Å². The van der Waals surface area contributed by atoms with Crippen molar-refractivity contribution in [1.29, 1.82) is 0 Å². The van der Waals surface area contributed by atoms with E-state index in [1.807, 2.05) is 6.92 Å². The van der Waals surface area contributed by atoms with Gasteiger partial charge < -0.3 is 9.47 Å². The summed E-state index contributed by atoms with van der Waals surface area (Å²) in [5, 5.41) is 5.17. The first-order valence-electron chi connectivity index (χ1n) is 8.30. The van der Waals surface area contributed by atoms with Crippen molar-refractivity contribution in [3.05, 3.63) is 41.7 Å². The fourth-order valence-electron chi connectivity index (χ4n) is 2.35. The minimum Gasteiger partial charge on any atom is -0.421 e. The molecular weight excluding hydrogens is 374 g/mol. The van der Waals surface area contributed by atoms with Gasteiger partial charge in [0.1, 0.15) is 12.5 Å². The van der Waals surface area contributed by atoms with Gasteiger partial charge in [0.05, 0.1) is 17.7 Å². The van der Waals surface area contributed by atoms with Gasteiger partial charge in [-0.05, 0) is 37.8 Å². The molecule has 6 nitrogen and oxygen atoms in total. The highest BCUT2D eigenvalue weighted by atomic mass is 32.3. The van der Waals surface area contributed by atoms with E-state index in [1.165, 1.54) is 6.07 Å². The SMILES string of the molecule is Cc1nn(COCCS(C)(C)C)c2nc(Oc3ccc(F)cc3F)ncc12. The number of aryl methyl sites for hydroxylation is 1. The molecule has 1 aromatic carbocycles. The number of rotatable bonds is 7. The average molecular weight is 396 g/mol. The van der Waals surface area contributed by atoms with Gasteiger partial charge in [-0.3, -0.25) is 0 Å². The van der Waals surface area contributed by atoms with Crippen LogP contribution in [0.4, 0.5) is 8.78 Å². The Morgan fingerprint density at radius 3 is 2.67 bits per heavy atom. The molecule has 0 fully saturated rings. The molecule has 3 rings (SSSR count). The van der Waals surface area contributed by atoms with Gasteiger partial charge in [0.2, 0.25) is 0 Å². The molecule has 9 heteroatoms. The zero-order valence-electron chi connectivity index (χ0n) is 15.7. The van der Waals surface area contributed by atoms with Crippen molar-refractivity contribution in [2.24, 2.45) is 0 Å². The van der Waals surface area contributed by atoms with E-state index in [1.54, 1.807) is 10.9 Å². The van der Waals surface area contributed by atoms with Gasteiger partial charge in [-0.25, -0.2) is 28.5 Å². The Hall–Kier alpha value is -2.26. The minimum atomic E-state index is -0.823. The summed E-state index contributed by atoms with van der Waals surface area (Å²) in [5.41, 5.74) is 1.29. The number of halogens is 2. The lowest BCUT2D eigenvalue weighted by Crippen LogP contribution is -2.11. The predicted octanol–water partition coefficient (Wildman–Crippen LogP) is 3.87. The van der Waals surface area contributed by atoms with E-state index in [2.05, 4.69) is 33.8 Å². The van der Waals surface area contributed by atoms with Crippen molar-refractivity contribution < 1.29 is 18.3 Å². The van der Waals surface area contributed by atoms with Crippen LogP contribution in [0, 0.1) is 18.6 Å². The molecule has 0 amide bonds. The maximum atomic E-state index is 13.8. The molecule has 0 unspecified atom stereocenters. The largest absolute Gasteiger partial charge is 0.421 e. The van der Waals surface area contributed by atoms with Crippen LogP contribution < -0.4 is 4.74 Å². The van der Waals surface area contributed by atoms with Crippen molar-refractivity contribution in [3.63, 3.8) is 0 Å². The molecule has 0 radical (unpaired) electrons. The van der Waals surface area contributed by atoms with Crippen LogP contribution in [0.2, 0.25) is 0 Å². The zero-order chi connectivity index (χ0) is 19.6. The maximum absolute atomic E-state index is 13.8. The highest BCUT2D eigenvalue weighted by Gasteiger charge is 2.14. The summed E-state index contributed by atoms with van der Waals surface area (Å²) in [4.78, 5) is 8.40. The van der Waals surface area contributed by atoms with E-state index >= 15 is 0 Å². The number of benzene rings is 1. The van der Waals surface area contributed by atoms with E-state index in [-0.39, 0.29) is 18.5 Å². The molecule has 0 bridgehead atoms. The summed E-state index contributed by atoms with van der Waals surface area (Å²) in [6.07, 6.45) is 8.26. The Morgan fingerprint density at radius 1 is 1.19 bits per heavy atom. The Morgan fingerprint density at radius 2 is 1.96 bits per heavy atom. The summed E-state index contributed by atoms with van der Waals surface area (Å²) >= 11 is 0. The Labute approximate surface area is 157 Å². The van der Waals surface area contributed by atoms with Crippen LogP contribution in [-0.2, 0) is 11.5 Å². The predicted molar refractivity (Wildman–Crippen MR) is 103 cm³/mol. The van der Waals surface area contributed by atoms with Gasteiger partial charge in [-0.1, -0.05) is 0 Å². The second-order valence-electron chi connectivity index (χ2n) is 6.98. The van der Waals surface area contributed by atoms with Crippen LogP contribution in [0.25, 0.3) is 11.0 Å². The molecule has 0 spiro atoms. The monoisotopic (exact) mass is 396 g/mol. The molecule has 146 valence electrons. The summed E-state index contributed by atoms with van der Waals surface area (Å²) in [6, 6.07) is 3.00. The minimum absolute atomic E-state index is 0.0479. The lowest BCUT2D eigenvalue weighted by atomic mass is 10.3. The maximum Gasteiger partial charge on any atom is 0.324 e. The summed E-state index contributed by atoms with van der Waals surface area (Å²) in [6.45, 7) is 2.73. The molecule has 2 aromatic heterocycles. The number of fused-ring (bicyclic) bond motifs is 1. The number of nitrogens with zero attached hydrogens (tertiary/aromatic N) is 4. The average Bonchev–Trinajstić information content (AvgIpc) is 2.89. The number of hydrogen-bond acceptors (Lipinski definition) is 5. The lowest BCUT2D eigenvalue weighted by molar-refractivity contribution is 0.0834. The smallest absolute Gasteiger partial charge is 0.324 e. The molecule has 0 saturated heterocycles. The fraction of sp³-hybridized carbons (Fsp3) is 0.389. The molecule has 0 N–H and O–H groups in total. The van der Waals surface area contributed by atoms with E-state index in [4.69, 9.17) is 9.47 Å². The van der Waals surface area contributed by atoms with E-state index < -0.39 is 21.7 Å². The Kier molecular flexibility index (Phi) is 5.61. The van der Waals surface area contributed by atoms with E-state index in [0.29, 0.717) is 12.3 Å². The van der Waals surface area contributed by atoms with Gasteiger partial charge in [0.25, 0.3) is 0 Å². The first-order chi connectivity index (χ1) is 12.7. The Bertz CT molecular complexity index is 956. The third-order valence-corrected chi connectivity index (χ3v) is 5.19. The van der Waals surface area contributed by atoms with Crippen molar-refractivity contribution in [3.8, 4) is 11.8 Å². The van der Waals surface area contributed by atoms with Crippen LogP contribution in [0.1, 0.15) is 5.69 Å². The van der Waals surface area contributed by atoms with Crippen LogP contribution in [0.5, 0.6) is 11.8 Å². The molecule has 3 aromatic rings. The molecule has 0 saturated carbocycles. The first kappa shape index (κ1) is 19.5. The molecule has 27 heavy (non-hydrogen) atoms. The van der Waals surface area contributed by atoms with E-state index in [0.717, 1.165) is 29.0 Å². The highest BCUT2D eigenvalue weighted by Crippen LogP contribution is 2.33. The lowest BCUT2D eigenvalue weighted by Gasteiger charge is -2.24. The molecule has 2 heterocycles. The fourth-order valence-corrected chi connectivity index (χ4v) is 2.96. The standard InChI is InChI=1S/C18H22F2N4O2S/c1-12-14-10-21-18(26-16-6-5-13(19)9-15(16)20)22-17(14)24(23-12)11-25-7-8-27(2,3)4/h5-6,9-10H,7-8,11H2,1-4H3. The third kappa shape index (κ3) is 4.92. The second kappa shape index (κ2) is 7.77. The van der Waals surface area contributed by atoms with Crippen molar-refractivity contribution in [2.75, 3.05) is 31.1 Å². The third-order valence-electron chi connectivity index (χ3n) is 3.80. The van der Waals surface area contributed by atoms with Crippen LogP contribution >= 0.6 is 10.0 Å². The summed E-state index contributed by atoms with van der Waals surface area (Å²) < 4.78 is 39.5. The summed E-state index contributed by atoms with van der Waals surface area (Å²) in [7, 11) is -0.627. The normalized spacial score (nSPS) is 12.5. The van der Waals surface area contributed by atoms with Gasteiger partial charge in [0, 0.05) is 18.0 Å². The number of hydrogen-bond donors (Lipinski definition) is 0. The molecular formula is C18H22F2N4O2S. The van der Waals surface area contributed by atoms with E-state index in [9.17, 15) is 8.78 Å². The molecule has 0 aliphatic rings. The highest BCUT2D eigenvalue weighted by molar-refractivity contribution is 8.32. The molecule has 0 atom stereocenters. The van der Waals surface area contributed by atoms with Gasteiger partial charge >= 0.3 is 6.01 Å². The molecule has 0 aliphatic heterocycles. The van der Waals surface area contributed by atoms with Crippen molar-refractivity contribution >= 4 is 21.1 Å². The number of aromatic nitrogens is 4. The number of ether oxygens (including phenoxy) is 2. The van der Waals surface area contributed by atoms with Gasteiger partial charge in [-0.2, -0.15) is 10.1 Å². The second-order valence-corrected chi connectivity index (χ2v) is 11.6. The quantitative estimate of drug-likeness (QED) is 0.567. The van der Waals surface area contributed by atoms with Gasteiger partial charge in [0.15, 0.2) is 17.2 Å². The zero-order valence-corrected chi connectivity index (χ0v) is 16.5. The summed E-state index contributed by atoms with van der Waals surface area (Å²) in [5.74, 6) is -0.656. The van der Waals surface area contributed by atoms with Crippen LogP contribution in [0.15, 0.2) is 24.4 Å². The van der Waals surface area contributed by atoms with Crippen LogP contribution in [-0.4, -0.2) is 50.9 Å². The topological polar surface area (TPSA) is 62.1 Å². The van der Waals surface area contributed by atoms with Crippen molar-refractivity contribution in [1.82, 2.24) is 19.7 Å². The van der Waals surface area contributed by atoms with Crippen LogP contribution in [0.3, 0.4) is 0 Å². The molecule has 0 aliphatic carbocycles. The van der Waals surface area contributed by atoms with Crippen molar-refractivity contribution in [2.45, 2.75) is 13.7 Å². The Balaban J connectivity index is 1.79.